The van der Waals surface area contributed by atoms with Gasteiger partial charge in [-0.3, -0.25) is 0 Å². The van der Waals surface area contributed by atoms with Gasteiger partial charge in [-0.15, -0.1) is 0 Å². The summed E-state index contributed by atoms with van der Waals surface area (Å²) in [5.41, 5.74) is 11.8. The quantitative estimate of drug-likeness (QED) is 0.273. The molecule has 0 aliphatic heterocycles. The average Bonchev–Trinajstić information content (AvgIpc) is 3.39. The van der Waals surface area contributed by atoms with Crippen LogP contribution in [0, 0.1) is 0 Å². The first-order valence-electron chi connectivity index (χ1n) is 11.2. The number of aromatic nitrogens is 1. The summed E-state index contributed by atoms with van der Waals surface area (Å²) < 4.78 is 2.39. The molecule has 0 spiro atoms. The lowest BCUT2D eigenvalue weighted by molar-refractivity contribution is 1.18. The Balaban J connectivity index is 1.44. The fraction of sp³-hybridized carbons (Fsp3) is 0.0323. The molecule has 1 nitrogen and oxygen atoms in total. The predicted octanol–water partition coefficient (Wildman–Crippen LogP) is 8.02. The Morgan fingerprint density at radius 2 is 1.16 bits per heavy atom. The van der Waals surface area contributed by atoms with Gasteiger partial charge in [0, 0.05) is 16.5 Å². The monoisotopic (exact) mass is 407 g/mol. The smallest absolute Gasteiger partial charge is 0.0547 e. The fourth-order valence-corrected chi connectivity index (χ4v) is 5.33. The van der Waals surface area contributed by atoms with Gasteiger partial charge in [-0.1, -0.05) is 91.0 Å². The molecule has 150 valence electrons. The van der Waals surface area contributed by atoms with Crippen molar-refractivity contribution in [3.05, 3.63) is 126 Å². The fourth-order valence-electron chi connectivity index (χ4n) is 5.33. The van der Waals surface area contributed by atoms with Crippen LogP contribution in [0.15, 0.2) is 115 Å². The maximum atomic E-state index is 2.39. The van der Waals surface area contributed by atoms with E-state index in [2.05, 4.69) is 120 Å². The van der Waals surface area contributed by atoms with Gasteiger partial charge in [0.25, 0.3) is 0 Å². The second kappa shape index (κ2) is 6.70. The molecule has 7 rings (SSSR count). The summed E-state index contributed by atoms with van der Waals surface area (Å²) in [5.74, 6) is 0. The molecule has 1 heteroatoms. The van der Waals surface area contributed by atoms with E-state index in [1.54, 1.807) is 0 Å². The Kier molecular flexibility index (Phi) is 3.68. The number of hydrogen-bond donors (Lipinski definition) is 0. The molecule has 6 aromatic rings. The standard InChI is InChI=1S/C31H21N/c1-2-9-25(10-3-1)32-30-13-7-6-12-28(30)29-17-15-22(20-31(29)32)21-14-16-27-24(18-21)19-23-8-4-5-11-26(23)27/h1-18,20H,19H2. The summed E-state index contributed by atoms with van der Waals surface area (Å²) >= 11 is 0. The molecular formula is C31H21N. The van der Waals surface area contributed by atoms with E-state index in [0.29, 0.717) is 0 Å². The molecule has 1 heterocycles. The highest BCUT2D eigenvalue weighted by atomic mass is 15.0. The van der Waals surface area contributed by atoms with Crippen molar-refractivity contribution < 1.29 is 0 Å². The number of para-hydroxylation sites is 2. The number of rotatable bonds is 2. The van der Waals surface area contributed by atoms with E-state index in [0.717, 1.165) is 6.42 Å². The van der Waals surface area contributed by atoms with Gasteiger partial charge in [-0.05, 0) is 64.1 Å². The second-order valence-electron chi connectivity index (χ2n) is 8.63. The van der Waals surface area contributed by atoms with E-state index < -0.39 is 0 Å². The van der Waals surface area contributed by atoms with Gasteiger partial charge in [0.05, 0.1) is 11.0 Å². The second-order valence-corrected chi connectivity index (χ2v) is 8.63. The number of benzene rings is 5. The largest absolute Gasteiger partial charge is 0.309 e. The Hall–Kier alpha value is -4.10. The molecule has 1 aliphatic rings. The van der Waals surface area contributed by atoms with Crippen molar-refractivity contribution in [1.29, 1.82) is 0 Å². The number of fused-ring (bicyclic) bond motifs is 6. The molecule has 0 N–H and O–H groups in total. The highest BCUT2D eigenvalue weighted by Gasteiger charge is 2.19. The minimum Gasteiger partial charge on any atom is -0.309 e. The van der Waals surface area contributed by atoms with Crippen molar-refractivity contribution in [3.8, 4) is 27.9 Å². The summed E-state index contributed by atoms with van der Waals surface area (Å²) in [6.45, 7) is 0. The summed E-state index contributed by atoms with van der Waals surface area (Å²) in [6, 6.07) is 42.0. The Morgan fingerprint density at radius 3 is 2.09 bits per heavy atom. The molecule has 1 aliphatic carbocycles. The zero-order valence-corrected chi connectivity index (χ0v) is 17.6. The van der Waals surface area contributed by atoms with Gasteiger partial charge in [-0.25, -0.2) is 0 Å². The normalized spacial score (nSPS) is 12.2. The van der Waals surface area contributed by atoms with E-state index in [-0.39, 0.29) is 0 Å². The SMILES string of the molecule is c1ccc(-n2c3ccccc3c3ccc(-c4ccc5c(c4)Cc4ccccc4-5)cc32)cc1. The van der Waals surface area contributed by atoms with Gasteiger partial charge < -0.3 is 4.57 Å². The van der Waals surface area contributed by atoms with E-state index in [1.165, 1.54) is 60.9 Å². The Bertz CT molecular complexity index is 1640. The Morgan fingerprint density at radius 1 is 0.469 bits per heavy atom. The summed E-state index contributed by atoms with van der Waals surface area (Å²) in [6.07, 6.45) is 1.02. The molecule has 0 atom stereocenters. The summed E-state index contributed by atoms with van der Waals surface area (Å²) in [4.78, 5) is 0. The molecule has 0 saturated heterocycles. The number of hydrogen-bond acceptors (Lipinski definition) is 0. The van der Waals surface area contributed by atoms with Gasteiger partial charge in [0.1, 0.15) is 0 Å². The predicted molar refractivity (Wildman–Crippen MR) is 134 cm³/mol. The van der Waals surface area contributed by atoms with Crippen LogP contribution in [0.1, 0.15) is 11.1 Å². The topological polar surface area (TPSA) is 4.93 Å². The van der Waals surface area contributed by atoms with Crippen LogP contribution in [0.25, 0.3) is 49.7 Å². The number of nitrogens with zero attached hydrogens (tertiary/aromatic N) is 1. The molecule has 0 unspecified atom stereocenters. The molecule has 32 heavy (non-hydrogen) atoms. The average molecular weight is 408 g/mol. The van der Waals surface area contributed by atoms with Crippen LogP contribution in [-0.2, 0) is 6.42 Å². The van der Waals surface area contributed by atoms with Gasteiger partial charge in [0.15, 0.2) is 0 Å². The zero-order valence-electron chi connectivity index (χ0n) is 17.6. The van der Waals surface area contributed by atoms with Gasteiger partial charge >= 0.3 is 0 Å². The minimum absolute atomic E-state index is 1.02. The van der Waals surface area contributed by atoms with E-state index in [4.69, 9.17) is 0 Å². The van der Waals surface area contributed by atoms with Crippen molar-refractivity contribution >= 4 is 21.8 Å². The van der Waals surface area contributed by atoms with Gasteiger partial charge in [0.2, 0.25) is 0 Å². The maximum absolute atomic E-state index is 2.39. The molecule has 0 radical (unpaired) electrons. The first-order chi connectivity index (χ1) is 15.9. The van der Waals surface area contributed by atoms with Crippen LogP contribution in [0.4, 0.5) is 0 Å². The summed E-state index contributed by atoms with van der Waals surface area (Å²) in [7, 11) is 0. The summed E-state index contributed by atoms with van der Waals surface area (Å²) in [5, 5.41) is 2.59. The Labute approximate surface area is 187 Å². The van der Waals surface area contributed by atoms with Crippen LogP contribution in [0.5, 0.6) is 0 Å². The van der Waals surface area contributed by atoms with Crippen LogP contribution >= 0.6 is 0 Å². The highest BCUT2D eigenvalue weighted by Crippen LogP contribution is 2.40. The van der Waals surface area contributed by atoms with Crippen molar-refractivity contribution in [1.82, 2.24) is 4.57 Å². The van der Waals surface area contributed by atoms with Gasteiger partial charge in [-0.2, -0.15) is 0 Å². The highest BCUT2D eigenvalue weighted by molar-refractivity contribution is 6.10. The third kappa shape index (κ3) is 2.52. The van der Waals surface area contributed by atoms with E-state index >= 15 is 0 Å². The molecule has 0 amide bonds. The molecule has 0 fully saturated rings. The first-order valence-corrected chi connectivity index (χ1v) is 11.2. The van der Waals surface area contributed by atoms with Crippen LogP contribution in [-0.4, -0.2) is 4.57 Å². The maximum Gasteiger partial charge on any atom is 0.0547 e. The molecule has 0 bridgehead atoms. The van der Waals surface area contributed by atoms with Crippen LogP contribution in [0.3, 0.4) is 0 Å². The zero-order chi connectivity index (χ0) is 21.1. The first kappa shape index (κ1) is 17.6. The molecular weight excluding hydrogens is 386 g/mol. The van der Waals surface area contributed by atoms with Crippen molar-refractivity contribution in [2.75, 3.05) is 0 Å². The lowest BCUT2D eigenvalue weighted by atomic mass is 9.98. The van der Waals surface area contributed by atoms with Crippen LogP contribution < -0.4 is 0 Å². The molecule has 0 saturated carbocycles. The molecule has 5 aromatic carbocycles. The lowest BCUT2D eigenvalue weighted by Gasteiger charge is -2.10. The third-order valence-electron chi connectivity index (χ3n) is 6.82. The van der Waals surface area contributed by atoms with Crippen LogP contribution in [0.2, 0.25) is 0 Å². The van der Waals surface area contributed by atoms with Crippen molar-refractivity contribution in [2.45, 2.75) is 6.42 Å². The lowest BCUT2D eigenvalue weighted by Crippen LogP contribution is -1.93. The van der Waals surface area contributed by atoms with Crippen molar-refractivity contribution in [3.63, 3.8) is 0 Å². The van der Waals surface area contributed by atoms with E-state index in [1.807, 2.05) is 0 Å². The van der Waals surface area contributed by atoms with E-state index in [9.17, 15) is 0 Å². The molecule has 1 aromatic heterocycles. The minimum atomic E-state index is 1.02. The third-order valence-corrected chi connectivity index (χ3v) is 6.82. The van der Waals surface area contributed by atoms with Crippen molar-refractivity contribution in [2.24, 2.45) is 0 Å².